The smallest absolute Gasteiger partial charge is 0.314 e. The van der Waals surface area contributed by atoms with Gasteiger partial charge in [-0.1, -0.05) is 51.3 Å². The molecule has 4 nitrogen and oxygen atoms in total. The summed E-state index contributed by atoms with van der Waals surface area (Å²) in [4.78, 5) is 22.6. The van der Waals surface area contributed by atoms with E-state index in [1.165, 1.54) is 19.3 Å². The highest BCUT2D eigenvalue weighted by Crippen LogP contribution is 2.34. The fourth-order valence-corrected chi connectivity index (χ4v) is 4.08. The summed E-state index contributed by atoms with van der Waals surface area (Å²) in [5.41, 5.74) is 5.13. The molecule has 0 radical (unpaired) electrons. The van der Waals surface area contributed by atoms with Gasteiger partial charge in [-0.15, -0.1) is 0 Å². The van der Waals surface area contributed by atoms with E-state index in [1.54, 1.807) is 0 Å². The summed E-state index contributed by atoms with van der Waals surface area (Å²) in [6, 6.07) is 9.34. The number of nitrogens with two attached hydrogens (primary N) is 1. The molecule has 144 valence electrons. The highest BCUT2D eigenvalue weighted by Gasteiger charge is 2.32. The summed E-state index contributed by atoms with van der Waals surface area (Å²) in [5.74, 6) is 1.94. The zero-order valence-corrected chi connectivity index (χ0v) is 16.2. The van der Waals surface area contributed by atoms with Crippen molar-refractivity contribution in [1.82, 2.24) is 0 Å². The Kier molecular flexibility index (Phi) is 8.14. The molecule has 2 N–H and O–H groups in total. The molecule has 26 heavy (non-hydrogen) atoms. The predicted octanol–water partition coefficient (Wildman–Crippen LogP) is 4.72. The number of esters is 1. The first-order chi connectivity index (χ1) is 12.5. The van der Waals surface area contributed by atoms with Crippen molar-refractivity contribution >= 4 is 11.9 Å². The van der Waals surface area contributed by atoms with Gasteiger partial charge in [-0.2, -0.15) is 0 Å². The van der Waals surface area contributed by atoms with Crippen molar-refractivity contribution < 1.29 is 14.3 Å². The van der Waals surface area contributed by atoms with E-state index >= 15 is 0 Å². The fraction of sp³-hybridized carbons (Fsp3) is 0.636. The Morgan fingerprint density at radius 1 is 0.962 bits per heavy atom. The number of benzene rings is 1. The van der Waals surface area contributed by atoms with E-state index in [2.05, 4.69) is 13.8 Å². The van der Waals surface area contributed by atoms with Crippen LogP contribution in [-0.4, -0.2) is 11.9 Å². The van der Waals surface area contributed by atoms with Crippen LogP contribution in [0.2, 0.25) is 0 Å². The van der Waals surface area contributed by atoms with Gasteiger partial charge in [0.2, 0.25) is 5.91 Å². The molecule has 2 aliphatic rings. The Hall–Kier alpha value is -1.84. The molecule has 3 unspecified atom stereocenters. The normalized spacial score (nSPS) is 26.3. The molecule has 0 heterocycles. The molecule has 1 aromatic rings. The number of primary amides is 1. The monoisotopic (exact) mass is 359 g/mol. The van der Waals surface area contributed by atoms with Crippen molar-refractivity contribution in [3.63, 3.8) is 0 Å². The lowest BCUT2D eigenvalue weighted by Gasteiger charge is -2.30. The van der Waals surface area contributed by atoms with Crippen LogP contribution < -0.4 is 10.5 Å². The Morgan fingerprint density at radius 2 is 1.62 bits per heavy atom. The highest BCUT2D eigenvalue weighted by molar-refractivity contribution is 5.76. The molecule has 0 spiro atoms. The van der Waals surface area contributed by atoms with Crippen LogP contribution in [0.4, 0.5) is 0 Å². The third kappa shape index (κ3) is 6.47. The van der Waals surface area contributed by atoms with Crippen LogP contribution in [0.15, 0.2) is 30.3 Å². The second-order valence-corrected chi connectivity index (χ2v) is 7.97. The first-order valence-corrected chi connectivity index (χ1v) is 10.0. The van der Waals surface area contributed by atoms with Gasteiger partial charge in [0, 0.05) is 5.92 Å². The van der Waals surface area contributed by atoms with Crippen LogP contribution in [-0.2, 0) is 9.59 Å². The number of carbonyl (C=O) groups is 2. The van der Waals surface area contributed by atoms with E-state index in [0.717, 1.165) is 38.0 Å². The van der Waals surface area contributed by atoms with Crippen LogP contribution in [0.3, 0.4) is 0 Å². The van der Waals surface area contributed by atoms with Crippen LogP contribution in [0.1, 0.15) is 65.2 Å². The average Bonchev–Trinajstić information content (AvgIpc) is 2.63. The lowest BCUT2D eigenvalue weighted by atomic mass is 9.76. The number of hydrogen-bond acceptors (Lipinski definition) is 3. The largest absolute Gasteiger partial charge is 0.426 e. The third-order valence-electron chi connectivity index (χ3n) is 5.70. The minimum Gasteiger partial charge on any atom is -0.426 e. The summed E-state index contributed by atoms with van der Waals surface area (Å²) >= 11 is 0. The van der Waals surface area contributed by atoms with E-state index in [9.17, 15) is 9.59 Å². The van der Waals surface area contributed by atoms with Gasteiger partial charge in [0.15, 0.2) is 0 Å². The molecule has 0 aliphatic heterocycles. The summed E-state index contributed by atoms with van der Waals surface area (Å²) in [5, 5.41) is 0. The molecular weight excluding hydrogens is 326 g/mol. The van der Waals surface area contributed by atoms with Crippen molar-refractivity contribution in [1.29, 1.82) is 0 Å². The number of hydrogen-bond donors (Lipinski definition) is 1. The second-order valence-electron chi connectivity index (χ2n) is 7.97. The van der Waals surface area contributed by atoms with Crippen molar-refractivity contribution in [2.24, 2.45) is 29.4 Å². The molecule has 4 heteroatoms. The predicted molar refractivity (Wildman–Crippen MR) is 104 cm³/mol. The molecule has 2 aliphatic carbocycles. The van der Waals surface area contributed by atoms with Gasteiger partial charge in [0.1, 0.15) is 5.75 Å². The zero-order chi connectivity index (χ0) is 18.9. The van der Waals surface area contributed by atoms with Crippen LogP contribution in [0.5, 0.6) is 5.75 Å². The maximum Gasteiger partial charge on any atom is 0.314 e. The van der Waals surface area contributed by atoms with Crippen LogP contribution in [0.25, 0.3) is 0 Å². The minimum atomic E-state index is -0.102. The first kappa shape index (κ1) is 20.5. The summed E-state index contributed by atoms with van der Waals surface area (Å²) in [7, 11) is 0. The minimum absolute atomic E-state index is 0.0596. The molecule has 2 fully saturated rings. The highest BCUT2D eigenvalue weighted by atomic mass is 16.5. The quantitative estimate of drug-likeness (QED) is 0.627. The lowest BCUT2D eigenvalue weighted by Crippen LogP contribution is -2.31. The average molecular weight is 360 g/mol. The molecule has 2 saturated carbocycles. The van der Waals surface area contributed by atoms with Gasteiger partial charge in [-0.05, 0) is 56.1 Å². The molecule has 3 atom stereocenters. The number of para-hydroxylation sites is 1. The molecule has 0 aromatic heterocycles. The van der Waals surface area contributed by atoms with E-state index in [0.29, 0.717) is 11.7 Å². The Morgan fingerprint density at radius 3 is 2.15 bits per heavy atom. The number of ether oxygens (including phenoxy) is 1. The number of rotatable bonds is 3. The van der Waals surface area contributed by atoms with E-state index in [1.807, 2.05) is 30.3 Å². The molecule has 1 aromatic carbocycles. The van der Waals surface area contributed by atoms with Crippen molar-refractivity contribution in [2.75, 3.05) is 0 Å². The number of amides is 1. The van der Waals surface area contributed by atoms with Gasteiger partial charge >= 0.3 is 5.97 Å². The Balaban J connectivity index is 0.000000228. The molecular formula is C22H33NO3. The van der Waals surface area contributed by atoms with Crippen LogP contribution in [0, 0.1) is 23.7 Å². The maximum absolute atomic E-state index is 12.1. The molecule has 1 amide bonds. The molecule has 0 saturated heterocycles. The Bertz CT molecular complexity index is 566. The van der Waals surface area contributed by atoms with Gasteiger partial charge < -0.3 is 10.5 Å². The van der Waals surface area contributed by atoms with E-state index in [4.69, 9.17) is 10.5 Å². The van der Waals surface area contributed by atoms with Gasteiger partial charge in [-0.3, -0.25) is 9.59 Å². The lowest BCUT2D eigenvalue weighted by molar-refractivity contribution is -0.142. The first-order valence-electron chi connectivity index (χ1n) is 10.0. The molecule has 3 rings (SSSR count). The van der Waals surface area contributed by atoms with Crippen molar-refractivity contribution in [2.45, 2.75) is 65.2 Å². The Labute approximate surface area is 157 Å². The third-order valence-corrected chi connectivity index (χ3v) is 5.70. The maximum atomic E-state index is 12.1. The van der Waals surface area contributed by atoms with Crippen molar-refractivity contribution in [3.05, 3.63) is 30.3 Å². The summed E-state index contributed by atoms with van der Waals surface area (Å²) in [6.07, 6.45) is 8.94. The number of carbonyl (C=O) groups excluding carboxylic acids is 2. The second kappa shape index (κ2) is 10.3. The van der Waals surface area contributed by atoms with Crippen molar-refractivity contribution in [3.8, 4) is 5.75 Å². The van der Waals surface area contributed by atoms with Gasteiger partial charge in [0.05, 0.1) is 5.92 Å². The molecule has 0 bridgehead atoms. The summed E-state index contributed by atoms with van der Waals surface area (Å²) in [6.45, 7) is 4.42. The van der Waals surface area contributed by atoms with Gasteiger partial charge in [0.25, 0.3) is 0 Å². The van der Waals surface area contributed by atoms with E-state index < -0.39 is 0 Å². The van der Waals surface area contributed by atoms with Crippen LogP contribution >= 0.6 is 0 Å². The fourth-order valence-electron chi connectivity index (χ4n) is 4.08. The SMILES string of the molecule is CC1CCC(C(=O)Oc2ccccc2)C(C)C1.NC(=O)C1CCCCC1. The standard InChI is InChI=1S/C15H20O2.C7H13NO/c1-11-8-9-14(12(2)10-11)15(16)17-13-6-4-3-5-7-13;8-7(9)6-4-2-1-3-5-6/h3-7,11-12,14H,8-10H2,1-2H3;6H,1-5H2,(H2,8,9). The van der Waals surface area contributed by atoms with E-state index in [-0.39, 0.29) is 23.7 Å². The summed E-state index contributed by atoms with van der Waals surface area (Å²) < 4.78 is 5.42. The topological polar surface area (TPSA) is 69.4 Å². The zero-order valence-electron chi connectivity index (χ0n) is 16.2. The van der Waals surface area contributed by atoms with Gasteiger partial charge in [-0.25, -0.2) is 0 Å².